The van der Waals surface area contributed by atoms with Crippen molar-refractivity contribution in [3.8, 4) is 11.8 Å². The van der Waals surface area contributed by atoms with Gasteiger partial charge in [-0.2, -0.15) is 5.26 Å². The second kappa shape index (κ2) is 8.08. The first-order valence-corrected chi connectivity index (χ1v) is 7.49. The highest BCUT2D eigenvalue weighted by Gasteiger charge is 2.19. The Hall–Kier alpha value is -1.18. The molecular weight excluding hydrogens is 256 g/mol. The van der Waals surface area contributed by atoms with Crippen LogP contribution in [0.3, 0.4) is 0 Å². The molecule has 0 saturated carbocycles. The lowest BCUT2D eigenvalue weighted by atomic mass is 9.97. The number of nitriles is 1. The second-order valence-corrected chi connectivity index (χ2v) is 5.85. The fraction of sp³-hybridized carbons (Fsp3) is 0.533. The number of rotatable bonds is 8. The number of hydrogen-bond acceptors (Lipinski definition) is 4. The zero-order valence-electron chi connectivity index (χ0n) is 11.9. The minimum absolute atomic E-state index is 0.388. The molecule has 0 saturated heterocycles. The first-order valence-electron chi connectivity index (χ1n) is 6.50. The van der Waals surface area contributed by atoms with Crippen LogP contribution in [0.25, 0.3) is 0 Å². The topological polar surface area (TPSA) is 45.0 Å². The lowest BCUT2D eigenvalue weighted by molar-refractivity contribution is 0.413. The Morgan fingerprint density at radius 3 is 2.84 bits per heavy atom. The number of benzene rings is 1. The van der Waals surface area contributed by atoms with E-state index < -0.39 is 0 Å². The van der Waals surface area contributed by atoms with Crippen LogP contribution in [0.4, 0.5) is 0 Å². The van der Waals surface area contributed by atoms with Crippen LogP contribution in [0.15, 0.2) is 29.2 Å². The number of unbranched alkanes of at least 4 members (excludes halogenated alkanes) is 1. The van der Waals surface area contributed by atoms with E-state index in [0.29, 0.717) is 0 Å². The lowest BCUT2D eigenvalue weighted by Gasteiger charge is -2.20. The van der Waals surface area contributed by atoms with Crippen LogP contribution in [-0.2, 0) is 0 Å². The van der Waals surface area contributed by atoms with E-state index in [1.807, 2.05) is 37.9 Å². The van der Waals surface area contributed by atoms with Crippen LogP contribution < -0.4 is 10.1 Å². The van der Waals surface area contributed by atoms with Crippen molar-refractivity contribution in [2.45, 2.75) is 36.6 Å². The van der Waals surface area contributed by atoms with Crippen molar-refractivity contribution in [1.82, 2.24) is 5.32 Å². The Kier molecular flexibility index (Phi) is 6.75. The van der Waals surface area contributed by atoms with Crippen LogP contribution in [0.5, 0.6) is 5.75 Å². The van der Waals surface area contributed by atoms with Crippen LogP contribution in [0, 0.1) is 11.3 Å². The number of methoxy groups -OCH3 is 1. The maximum atomic E-state index is 9.05. The Labute approximate surface area is 120 Å². The Bertz CT molecular complexity index is 430. The van der Waals surface area contributed by atoms with Crippen molar-refractivity contribution >= 4 is 11.8 Å². The van der Waals surface area contributed by atoms with Gasteiger partial charge in [0.1, 0.15) is 11.3 Å². The Morgan fingerprint density at radius 1 is 1.42 bits per heavy atom. The molecule has 1 unspecified atom stereocenters. The smallest absolute Gasteiger partial charge is 0.119 e. The van der Waals surface area contributed by atoms with Crippen molar-refractivity contribution in [3.63, 3.8) is 0 Å². The summed E-state index contributed by atoms with van der Waals surface area (Å²) in [5, 5.41) is 12.1. The standard InChI is InChI=1S/C15H22N2OS/c1-15(12-16,17-2)9-4-5-10-19-14-8-6-7-13(11-14)18-3/h6-8,11,17H,4-5,9-10H2,1-3H3. The summed E-state index contributed by atoms with van der Waals surface area (Å²) in [6.07, 6.45) is 3.06. The van der Waals surface area contributed by atoms with Crippen LogP contribution in [0.2, 0.25) is 0 Å². The van der Waals surface area contributed by atoms with E-state index in [1.165, 1.54) is 4.90 Å². The van der Waals surface area contributed by atoms with E-state index in [2.05, 4.69) is 23.5 Å². The molecule has 1 aromatic carbocycles. The fourth-order valence-corrected chi connectivity index (χ4v) is 2.66. The van der Waals surface area contributed by atoms with Gasteiger partial charge in [0.15, 0.2) is 0 Å². The van der Waals surface area contributed by atoms with Gasteiger partial charge in [-0.3, -0.25) is 0 Å². The highest BCUT2D eigenvalue weighted by Crippen LogP contribution is 2.24. The molecule has 0 aromatic heterocycles. The van der Waals surface area contributed by atoms with Gasteiger partial charge in [-0.25, -0.2) is 0 Å². The van der Waals surface area contributed by atoms with E-state index in [0.717, 1.165) is 30.8 Å². The first-order chi connectivity index (χ1) is 9.13. The molecule has 3 nitrogen and oxygen atoms in total. The molecule has 0 bridgehead atoms. The van der Waals surface area contributed by atoms with Gasteiger partial charge in [0.25, 0.3) is 0 Å². The molecule has 0 heterocycles. The van der Waals surface area contributed by atoms with Crippen LogP contribution in [0.1, 0.15) is 26.2 Å². The monoisotopic (exact) mass is 278 g/mol. The number of nitrogens with zero attached hydrogens (tertiary/aromatic N) is 1. The number of ether oxygens (including phenoxy) is 1. The predicted octanol–water partition coefficient (Wildman–Crippen LogP) is 3.46. The first kappa shape index (κ1) is 15.9. The zero-order valence-corrected chi connectivity index (χ0v) is 12.7. The second-order valence-electron chi connectivity index (χ2n) is 4.68. The Balaban J connectivity index is 2.26. The largest absolute Gasteiger partial charge is 0.497 e. The van der Waals surface area contributed by atoms with Crippen molar-refractivity contribution in [2.24, 2.45) is 0 Å². The van der Waals surface area contributed by atoms with Gasteiger partial charge in [0.2, 0.25) is 0 Å². The minimum atomic E-state index is -0.388. The normalized spacial score (nSPS) is 13.6. The summed E-state index contributed by atoms with van der Waals surface area (Å²) in [6.45, 7) is 1.95. The highest BCUT2D eigenvalue weighted by molar-refractivity contribution is 7.99. The minimum Gasteiger partial charge on any atom is -0.497 e. The zero-order chi connectivity index (χ0) is 14.1. The van der Waals surface area contributed by atoms with E-state index in [-0.39, 0.29) is 5.54 Å². The van der Waals surface area contributed by atoms with Gasteiger partial charge in [-0.05, 0) is 57.2 Å². The SMILES string of the molecule is CNC(C)(C#N)CCCCSc1cccc(OC)c1. The molecule has 1 N–H and O–H groups in total. The molecule has 0 aliphatic rings. The van der Waals surface area contributed by atoms with Gasteiger partial charge in [0, 0.05) is 4.90 Å². The quantitative estimate of drug-likeness (QED) is 0.584. The molecule has 1 rings (SSSR count). The van der Waals surface area contributed by atoms with Gasteiger partial charge >= 0.3 is 0 Å². The molecule has 1 atom stereocenters. The summed E-state index contributed by atoms with van der Waals surface area (Å²) in [6, 6.07) is 10.4. The summed E-state index contributed by atoms with van der Waals surface area (Å²) >= 11 is 1.83. The number of thioether (sulfide) groups is 1. The highest BCUT2D eigenvalue weighted by atomic mass is 32.2. The average molecular weight is 278 g/mol. The fourth-order valence-electron chi connectivity index (χ4n) is 1.70. The molecule has 4 heteroatoms. The number of nitrogens with one attached hydrogen (secondary N) is 1. The summed E-state index contributed by atoms with van der Waals surface area (Å²) in [5.41, 5.74) is -0.388. The lowest BCUT2D eigenvalue weighted by Crippen LogP contribution is -2.37. The van der Waals surface area contributed by atoms with Gasteiger partial charge in [-0.1, -0.05) is 6.07 Å². The van der Waals surface area contributed by atoms with Gasteiger partial charge in [0.05, 0.1) is 13.2 Å². The van der Waals surface area contributed by atoms with Crippen molar-refractivity contribution in [2.75, 3.05) is 19.9 Å². The average Bonchev–Trinajstić information content (AvgIpc) is 2.47. The number of hydrogen-bond donors (Lipinski definition) is 1. The molecule has 1 aromatic rings. The van der Waals surface area contributed by atoms with Gasteiger partial charge < -0.3 is 10.1 Å². The van der Waals surface area contributed by atoms with Crippen molar-refractivity contribution < 1.29 is 4.74 Å². The maximum Gasteiger partial charge on any atom is 0.119 e. The predicted molar refractivity (Wildman–Crippen MR) is 80.6 cm³/mol. The van der Waals surface area contributed by atoms with Crippen LogP contribution in [-0.4, -0.2) is 25.4 Å². The van der Waals surface area contributed by atoms with Crippen molar-refractivity contribution in [3.05, 3.63) is 24.3 Å². The van der Waals surface area contributed by atoms with E-state index >= 15 is 0 Å². The molecule has 0 aliphatic carbocycles. The molecule has 0 aliphatic heterocycles. The third-order valence-electron chi connectivity index (χ3n) is 3.18. The molecule has 104 valence electrons. The Morgan fingerprint density at radius 2 is 2.21 bits per heavy atom. The summed E-state index contributed by atoms with van der Waals surface area (Å²) < 4.78 is 5.20. The molecule has 0 amide bonds. The molecule has 0 radical (unpaired) electrons. The van der Waals surface area contributed by atoms with Gasteiger partial charge in [-0.15, -0.1) is 11.8 Å². The summed E-state index contributed by atoms with van der Waals surface area (Å²) in [5.74, 6) is 1.97. The maximum absolute atomic E-state index is 9.05. The molecule has 0 spiro atoms. The molecule has 0 fully saturated rings. The third-order valence-corrected chi connectivity index (χ3v) is 4.26. The van der Waals surface area contributed by atoms with E-state index in [1.54, 1.807) is 7.11 Å². The van der Waals surface area contributed by atoms with Crippen molar-refractivity contribution in [1.29, 1.82) is 5.26 Å². The summed E-state index contributed by atoms with van der Waals surface area (Å²) in [7, 11) is 3.53. The molecule has 19 heavy (non-hydrogen) atoms. The molecular formula is C15H22N2OS. The van der Waals surface area contributed by atoms with E-state index in [4.69, 9.17) is 10.00 Å². The third kappa shape index (κ3) is 5.54. The van der Waals surface area contributed by atoms with Crippen LogP contribution >= 0.6 is 11.8 Å². The van der Waals surface area contributed by atoms with E-state index in [9.17, 15) is 0 Å². The summed E-state index contributed by atoms with van der Waals surface area (Å²) in [4.78, 5) is 1.23.